The number of phenols is 1. The monoisotopic (exact) mass is 288 g/mol. The van der Waals surface area contributed by atoms with E-state index in [4.69, 9.17) is 4.55 Å². The van der Waals surface area contributed by atoms with Gasteiger partial charge >= 0.3 is 0 Å². The highest BCUT2D eigenvalue weighted by molar-refractivity contribution is 7.86. The highest BCUT2D eigenvalue weighted by atomic mass is 32.2. The fraction of sp³-hybridized carbons (Fsp3) is 0.400. The Morgan fingerprint density at radius 2 is 1.84 bits per heavy atom. The number of hydrogen-bond acceptors (Lipinski definition) is 6. The molecule has 104 valence electrons. The van der Waals surface area contributed by atoms with Crippen LogP contribution in [0.15, 0.2) is 17.0 Å². The molecule has 0 atom stereocenters. The van der Waals surface area contributed by atoms with E-state index in [-0.39, 0.29) is 5.69 Å². The molecule has 19 heavy (non-hydrogen) atoms. The fourth-order valence-corrected chi connectivity index (χ4v) is 2.70. The zero-order valence-electron chi connectivity index (χ0n) is 9.81. The maximum atomic E-state index is 11.2. The van der Waals surface area contributed by atoms with E-state index in [2.05, 4.69) is 0 Å². The number of phenolic OH excluding ortho intramolecular Hbond substituents is 1. The van der Waals surface area contributed by atoms with Crippen LogP contribution in [0.1, 0.15) is 12.8 Å². The third-order valence-electron chi connectivity index (χ3n) is 2.98. The highest BCUT2D eigenvalue weighted by Gasteiger charge is 2.27. The van der Waals surface area contributed by atoms with Crippen molar-refractivity contribution >= 4 is 21.5 Å². The van der Waals surface area contributed by atoms with Gasteiger partial charge < -0.3 is 10.0 Å². The second-order valence-corrected chi connectivity index (χ2v) is 5.63. The lowest BCUT2D eigenvalue weighted by molar-refractivity contribution is -0.385. The number of benzene rings is 1. The van der Waals surface area contributed by atoms with Crippen LogP contribution in [0, 0.1) is 10.1 Å². The van der Waals surface area contributed by atoms with Crippen LogP contribution in [-0.4, -0.2) is 36.1 Å². The molecular formula is C10H12N2O6S. The Morgan fingerprint density at radius 3 is 2.32 bits per heavy atom. The minimum Gasteiger partial charge on any atom is -0.504 e. The zero-order chi connectivity index (χ0) is 14.2. The maximum Gasteiger partial charge on any atom is 0.298 e. The van der Waals surface area contributed by atoms with Crippen molar-refractivity contribution in [2.24, 2.45) is 0 Å². The van der Waals surface area contributed by atoms with E-state index in [0.717, 1.165) is 18.9 Å². The molecule has 1 heterocycles. The minimum atomic E-state index is -4.72. The normalized spacial score (nSPS) is 15.7. The van der Waals surface area contributed by atoms with E-state index in [1.807, 2.05) is 0 Å². The predicted octanol–water partition coefficient (Wildman–Crippen LogP) is 1.15. The summed E-state index contributed by atoms with van der Waals surface area (Å²) in [5.74, 6) is -0.657. The lowest BCUT2D eigenvalue weighted by Crippen LogP contribution is -2.18. The Morgan fingerprint density at radius 1 is 1.26 bits per heavy atom. The summed E-state index contributed by atoms with van der Waals surface area (Å²) >= 11 is 0. The van der Waals surface area contributed by atoms with Gasteiger partial charge in [-0.3, -0.25) is 14.7 Å². The standard InChI is InChI=1S/C10H12N2O6S/c13-10-8(11-3-1-2-4-11)5-7(12(14)15)6-9(10)19(16,17)18/h5-6,13H,1-4H2,(H,16,17,18). The van der Waals surface area contributed by atoms with Crippen molar-refractivity contribution in [3.63, 3.8) is 0 Å². The van der Waals surface area contributed by atoms with E-state index in [1.54, 1.807) is 4.90 Å². The van der Waals surface area contributed by atoms with E-state index >= 15 is 0 Å². The molecule has 0 unspecified atom stereocenters. The molecule has 1 saturated heterocycles. The third-order valence-corrected chi connectivity index (χ3v) is 3.84. The van der Waals surface area contributed by atoms with Gasteiger partial charge in [0.2, 0.25) is 0 Å². The lowest BCUT2D eigenvalue weighted by Gasteiger charge is -2.19. The molecule has 1 aromatic rings. The average molecular weight is 288 g/mol. The number of nitrogens with zero attached hydrogens (tertiary/aromatic N) is 2. The van der Waals surface area contributed by atoms with E-state index in [1.165, 1.54) is 0 Å². The molecule has 1 fully saturated rings. The molecule has 8 nitrogen and oxygen atoms in total. The fourth-order valence-electron chi connectivity index (χ4n) is 2.08. The molecule has 0 amide bonds. The molecule has 0 saturated carbocycles. The molecule has 0 spiro atoms. The molecule has 2 N–H and O–H groups in total. The van der Waals surface area contributed by atoms with E-state index in [0.29, 0.717) is 19.2 Å². The summed E-state index contributed by atoms with van der Waals surface area (Å²) in [6, 6.07) is 1.75. The molecule has 0 aliphatic carbocycles. The lowest BCUT2D eigenvalue weighted by atomic mass is 10.2. The van der Waals surface area contributed by atoms with E-state index < -0.39 is 31.4 Å². The van der Waals surface area contributed by atoms with Crippen LogP contribution in [-0.2, 0) is 10.1 Å². The van der Waals surface area contributed by atoms with Crippen molar-refractivity contribution in [2.75, 3.05) is 18.0 Å². The SMILES string of the molecule is O=[N+]([O-])c1cc(N2CCCC2)c(O)c(S(=O)(=O)O)c1. The number of anilines is 1. The first-order valence-electron chi connectivity index (χ1n) is 5.54. The zero-order valence-corrected chi connectivity index (χ0v) is 10.6. The summed E-state index contributed by atoms with van der Waals surface area (Å²) in [7, 11) is -4.72. The molecule has 1 aliphatic rings. The molecule has 0 bridgehead atoms. The average Bonchev–Trinajstić information content (AvgIpc) is 2.80. The van der Waals surface area contributed by atoms with Gasteiger partial charge in [0, 0.05) is 25.2 Å². The van der Waals surface area contributed by atoms with Crippen molar-refractivity contribution in [3.8, 4) is 5.75 Å². The van der Waals surface area contributed by atoms with Crippen molar-refractivity contribution in [2.45, 2.75) is 17.7 Å². The molecule has 1 aromatic carbocycles. The second-order valence-electron chi connectivity index (χ2n) is 4.24. The number of non-ortho nitro benzene ring substituents is 1. The third kappa shape index (κ3) is 2.61. The molecule has 0 radical (unpaired) electrons. The molecule has 0 aromatic heterocycles. The van der Waals surface area contributed by atoms with Crippen LogP contribution in [0.2, 0.25) is 0 Å². The quantitative estimate of drug-likeness (QED) is 0.486. The first kappa shape index (κ1) is 13.6. The second kappa shape index (κ2) is 4.67. The predicted molar refractivity (Wildman–Crippen MR) is 66.0 cm³/mol. The van der Waals surface area contributed by atoms with Crippen LogP contribution in [0.4, 0.5) is 11.4 Å². The summed E-state index contributed by atoms with van der Waals surface area (Å²) in [5, 5.41) is 20.7. The maximum absolute atomic E-state index is 11.2. The summed E-state index contributed by atoms with van der Waals surface area (Å²) in [6.45, 7) is 1.14. The Balaban J connectivity index is 2.65. The van der Waals surface area contributed by atoms with E-state index in [9.17, 15) is 23.6 Å². The number of nitro groups is 1. The summed E-state index contributed by atoms with van der Waals surface area (Å²) < 4.78 is 31.3. The highest BCUT2D eigenvalue weighted by Crippen LogP contribution is 2.39. The summed E-state index contributed by atoms with van der Waals surface area (Å²) in [4.78, 5) is 10.8. The molecule has 2 rings (SSSR count). The van der Waals surface area contributed by atoms with Gasteiger partial charge in [0.05, 0.1) is 10.6 Å². The number of nitro benzene ring substituents is 1. The molecule has 1 aliphatic heterocycles. The first-order valence-corrected chi connectivity index (χ1v) is 6.98. The minimum absolute atomic E-state index is 0.0549. The van der Waals surface area contributed by atoms with Gasteiger partial charge in [0.1, 0.15) is 4.90 Å². The molecular weight excluding hydrogens is 276 g/mol. The van der Waals surface area contributed by atoms with Gasteiger partial charge in [0.15, 0.2) is 5.75 Å². The van der Waals surface area contributed by atoms with Crippen LogP contribution in [0.25, 0.3) is 0 Å². The first-order chi connectivity index (χ1) is 8.80. The van der Waals surface area contributed by atoms with Crippen LogP contribution in [0.3, 0.4) is 0 Å². The van der Waals surface area contributed by atoms with Crippen LogP contribution >= 0.6 is 0 Å². The number of hydrogen-bond donors (Lipinski definition) is 2. The van der Waals surface area contributed by atoms with Crippen LogP contribution < -0.4 is 4.90 Å². The van der Waals surface area contributed by atoms with Gasteiger partial charge in [-0.25, -0.2) is 0 Å². The summed E-state index contributed by atoms with van der Waals surface area (Å²) in [6.07, 6.45) is 1.70. The summed E-state index contributed by atoms with van der Waals surface area (Å²) in [5.41, 5.74) is -0.438. The number of aromatic hydroxyl groups is 1. The van der Waals surface area contributed by atoms with Gasteiger partial charge in [-0.1, -0.05) is 0 Å². The largest absolute Gasteiger partial charge is 0.504 e. The van der Waals surface area contributed by atoms with Gasteiger partial charge in [-0.05, 0) is 12.8 Å². The van der Waals surface area contributed by atoms with Crippen LogP contribution in [0.5, 0.6) is 5.75 Å². The Hall–Kier alpha value is -1.87. The Labute approximate surface area is 109 Å². The van der Waals surface area contributed by atoms with Crippen molar-refractivity contribution in [1.82, 2.24) is 0 Å². The van der Waals surface area contributed by atoms with Crippen molar-refractivity contribution < 1.29 is 23.0 Å². The van der Waals surface area contributed by atoms with Gasteiger partial charge in [-0.15, -0.1) is 0 Å². The van der Waals surface area contributed by atoms with Crippen molar-refractivity contribution in [1.29, 1.82) is 0 Å². The van der Waals surface area contributed by atoms with Gasteiger partial charge in [0.25, 0.3) is 15.8 Å². The molecule has 9 heteroatoms. The topological polar surface area (TPSA) is 121 Å². The smallest absolute Gasteiger partial charge is 0.298 e. The Kier molecular flexibility index (Phi) is 3.33. The number of rotatable bonds is 3. The van der Waals surface area contributed by atoms with Gasteiger partial charge in [-0.2, -0.15) is 8.42 Å². The van der Waals surface area contributed by atoms with Crippen molar-refractivity contribution in [3.05, 3.63) is 22.2 Å². The Bertz CT molecular complexity index is 621.